The zero-order chi connectivity index (χ0) is 12.8. The summed E-state index contributed by atoms with van der Waals surface area (Å²) in [5.74, 6) is 0.876. The maximum Gasteiger partial charge on any atom is 0.0793 e. The molecule has 0 bridgehead atoms. The lowest BCUT2D eigenvalue weighted by Crippen LogP contribution is -2.48. The zero-order valence-corrected chi connectivity index (χ0v) is 11.8. The van der Waals surface area contributed by atoms with Gasteiger partial charge in [0.25, 0.3) is 0 Å². The number of nitrogens with one attached hydrogen (secondary N) is 1. The second-order valence-electron chi connectivity index (χ2n) is 6.08. The molecule has 0 aromatic rings. The van der Waals surface area contributed by atoms with Crippen molar-refractivity contribution >= 4 is 0 Å². The molecular formula is C14H29N3O. The molecular weight excluding hydrogens is 226 g/mol. The number of piperazine rings is 1. The number of rotatable bonds is 6. The van der Waals surface area contributed by atoms with Crippen molar-refractivity contribution < 1.29 is 5.11 Å². The molecule has 18 heavy (non-hydrogen) atoms. The minimum Gasteiger partial charge on any atom is -0.390 e. The number of nitrogens with zero attached hydrogens (tertiary/aromatic N) is 2. The van der Waals surface area contributed by atoms with Gasteiger partial charge < -0.3 is 15.3 Å². The van der Waals surface area contributed by atoms with Gasteiger partial charge in [-0.15, -0.1) is 0 Å². The maximum atomic E-state index is 10.1. The van der Waals surface area contributed by atoms with E-state index in [4.69, 9.17) is 0 Å². The first-order valence-corrected chi connectivity index (χ1v) is 7.53. The summed E-state index contributed by atoms with van der Waals surface area (Å²) in [7, 11) is 2.15. The lowest BCUT2D eigenvalue weighted by atomic mass is 10.1. The average Bonchev–Trinajstić information content (AvgIpc) is 2.82. The van der Waals surface area contributed by atoms with Crippen molar-refractivity contribution in [1.29, 1.82) is 0 Å². The number of β-amino-alcohol motifs (C(OH)–C–C–N with tert-alkyl or cyclic N) is 1. The fourth-order valence-corrected chi connectivity index (χ4v) is 3.32. The van der Waals surface area contributed by atoms with Crippen LogP contribution in [0.4, 0.5) is 0 Å². The van der Waals surface area contributed by atoms with E-state index in [2.05, 4.69) is 22.2 Å². The molecule has 1 saturated carbocycles. The van der Waals surface area contributed by atoms with Crippen LogP contribution in [-0.2, 0) is 0 Å². The summed E-state index contributed by atoms with van der Waals surface area (Å²) in [5, 5.41) is 13.5. The third-order valence-corrected chi connectivity index (χ3v) is 4.25. The smallest absolute Gasteiger partial charge is 0.0793 e. The predicted octanol–water partition coefficient (Wildman–Crippen LogP) is 0.375. The van der Waals surface area contributed by atoms with Gasteiger partial charge in [-0.3, -0.25) is 4.90 Å². The molecule has 0 aromatic heterocycles. The molecule has 4 nitrogen and oxygen atoms in total. The summed E-state index contributed by atoms with van der Waals surface area (Å²) in [5.41, 5.74) is 0. The van der Waals surface area contributed by atoms with E-state index >= 15 is 0 Å². The average molecular weight is 255 g/mol. The number of hydrogen-bond donors (Lipinski definition) is 2. The van der Waals surface area contributed by atoms with Crippen LogP contribution in [0.3, 0.4) is 0 Å². The van der Waals surface area contributed by atoms with Crippen molar-refractivity contribution in [3.8, 4) is 0 Å². The van der Waals surface area contributed by atoms with Gasteiger partial charge in [-0.25, -0.2) is 0 Å². The van der Waals surface area contributed by atoms with Gasteiger partial charge in [0.05, 0.1) is 6.10 Å². The van der Waals surface area contributed by atoms with Crippen LogP contribution in [-0.4, -0.2) is 73.9 Å². The Hall–Kier alpha value is -0.160. The fourth-order valence-electron chi connectivity index (χ4n) is 3.32. The first-order valence-electron chi connectivity index (χ1n) is 7.53. The van der Waals surface area contributed by atoms with E-state index < -0.39 is 0 Å². The molecule has 1 atom stereocenters. The van der Waals surface area contributed by atoms with Gasteiger partial charge >= 0.3 is 0 Å². The highest BCUT2D eigenvalue weighted by atomic mass is 16.3. The summed E-state index contributed by atoms with van der Waals surface area (Å²) in [6.07, 6.45) is 5.38. The normalized spacial score (nSPS) is 24.8. The van der Waals surface area contributed by atoms with E-state index in [1.54, 1.807) is 0 Å². The highest BCUT2D eigenvalue weighted by molar-refractivity contribution is 4.75. The Morgan fingerprint density at radius 2 is 1.94 bits per heavy atom. The summed E-state index contributed by atoms with van der Waals surface area (Å²) < 4.78 is 0. The molecule has 1 aliphatic heterocycles. The molecule has 4 heteroatoms. The minimum atomic E-state index is -0.200. The molecule has 0 spiro atoms. The first kappa shape index (κ1) is 14.3. The van der Waals surface area contributed by atoms with Gasteiger partial charge in [0, 0.05) is 45.8 Å². The van der Waals surface area contributed by atoms with E-state index in [9.17, 15) is 5.11 Å². The summed E-state index contributed by atoms with van der Waals surface area (Å²) in [4.78, 5) is 4.69. The van der Waals surface area contributed by atoms with Crippen LogP contribution in [0.2, 0.25) is 0 Å². The van der Waals surface area contributed by atoms with Crippen LogP contribution in [0, 0.1) is 5.92 Å². The largest absolute Gasteiger partial charge is 0.390 e. The van der Waals surface area contributed by atoms with Crippen LogP contribution in [0.15, 0.2) is 0 Å². The van der Waals surface area contributed by atoms with Crippen LogP contribution in [0.5, 0.6) is 0 Å². The Kier molecular flexibility index (Phi) is 5.89. The molecule has 1 aliphatic carbocycles. The number of aliphatic hydroxyl groups excluding tert-OH is 1. The van der Waals surface area contributed by atoms with E-state index in [0.29, 0.717) is 0 Å². The molecule has 2 aliphatic rings. The Labute approximate surface area is 111 Å². The van der Waals surface area contributed by atoms with E-state index in [1.165, 1.54) is 32.2 Å². The molecule has 1 unspecified atom stereocenters. The van der Waals surface area contributed by atoms with Gasteiger partial charge in [-0.2, -0.15) is 0 Å². The standard InChI is InChI=1S/C14H29N3O/c1-16(10-13-4-2-3-5-13)11-14(18)12-17-8-6-15-7-9-17/h13-15,18H,2-12H2,1H3. The topological polar surface area (TPSA) is 38.7 Å². The highest BCUT2D eigenvalue weighted by Crippen LogP contribution is 2.25. The van der Waals surface area contributed by atoms with E-state index in [0.717, 1.165) is 45.2 Å². The lowest BCUT2D eigenvalue weighted by molar-refractivity contribution is 0.0729. The van der Waals surface area contributed by atoms with Gasteiger partial charge in [0.15, 0.2) is 0 Å². The highest BCUT2D eigenvalue weighted by Gasteiger charge is 2.19. The lowest BCUT2D eigenvalue weighted by Gasteiger charge is -2.31. The summed E-state index contributed by atoms with van der Waals surface area (Å²) >= 11 is 0. The number of aliphatic hydroxyl groups is 1. The van der Waals surface area contributed by atoms with Crippen molar-refractivity contribution in [3.05, 3.63) is 0 Å². The van der Waals surface area contributed by atoms with Crippen LogP contribution < -0.4 is 5.32 Å². The Balaban J connectivity index is 1.61. The molecule has 2 N–H and O–H groups in total. The minimum absolute atomic E-state index is 0.200. The quantitative estimate of drug-likeness (QED) is 0.719. The Bertz CT molecular complexity index is 225. The summed E-state index contributed by atoms with van der Waals surface area (Å²) in [6, 6.07) is 0. The SMILES string of the molecule is CN(CC(O)CN1CCNCC1)CC1CCCC1. The fraction of sp³-hybridized carbons (Fsp3) is 1.00. The van der Waals surface area contributed by atoms with Crippen molar-refractivity contribution in [2.24, 2.45) is 5.92 Å². The van der Waals surface area contributed by atoms with Crippen molar-refractivity contribution in [1.82, 2.24) is 15.1 Å². The van der Waals surface area contributed by atoms with Crippen molar-refractivity contribution in [2.45, 2.75) is 31.8 Å². The van der Waals surface area contributed by atoms with Gasteiger partial charge in [0.1, 0.15) is 0 Å². The van der Waals surface area contributed by atoms with Gasteiger partial charge in [-0.05, 0) is 25.8 Å². The third kappa shape index (κ3) is 4.84. The molecule has 2 rings (SSSR count). The van der Waals surface area contributed by atoms with Gasteiger partial charge in [0.2, 0.25) is 0 Å². The molecule has 0 radical (unpaired) electrons. The molecule has 2 fully saturated rings. The molecule has 0 amide bonds. The zero-order valence-electron chi connectivity index (χ0n) is 11.8. The first-order chi connectivity index (χ1) is 8.74. The molecule has 106 valence electrons. The van der Waals surface area contributed by atoms with Crippen LogP contribution >= 0.6 is 0 Å². The summed E-state index contributed by atoms with van der Waals surface area (Å²) in [6.45, 7) is 7.08. The second-order valence-corrected chi connectivity index (χ2v) is 6.08. The number of likely N-dealkylation sites (N-methyl/N-ethyl adjacent to an activating group) is 1. The van der Waals surface area contributed by atoms with Crippen molar-refractivity contribution in [2.75, 3.05) is 52.9 Å². The predicted molar refractivity (Wildman–Crippen MR) is 74.8 cm³/mol. The molecule has 1 heterocycles. The second kappa shape index (κ2) is 7.43. The van der Waals surface area contributed by atoms with E-state index in [-0.39, 0.29) is 6.10 Å². The van der Waals surface area contributed by atoms with Crippen molar-refractivity contribution in [3.63, 3.8) is 0 Å². The maximum absolute atomic E-state index is 10.1. The van der Waals surface area contributed by atoms with Gasteiger partial charge in [-0.1, -0.05) is 12.8 Å². The Morgan fingerprint density at radius 1 is 1.28 bits per heavy atom. The van der Waals surface area contributed by atoms with Crippen LogP contribution in [0.1, 0.15) is 25.7 Å². The number of hydrogen-bond acceptors (Lipinski definition) is 4. The monoisotopic (exact) mass is 255 g/mol. The third-order valence-electron chi connectivity index (χ3n) is 4.25. The van der Waals surface area contributed by atoms with E-state index in [1.807, 2.05) is 0 Å². The Morgan fingerprint density at radius 3 is 2.61 bits per heavy atom. The molecule has 0 aromatic carbocycles. The van der Waals surface area contributed by atoms with Crippen LogP contribution in [0.25, 0.3) is 0 Å². The molecule has 1 saturated heterocycles.